The molecule has 2 fully saturated rings. The van der Waals surface area contributed by atoms with Crippen LogP contribution in [0.2, 0.25) is 0 Å². The normalized spacial score (nSPS) is 26.3. The molecule has 2 N–H and O–H groups in total. The van der Waals surface area contributed by atoms with E-state index in [2.05, 4.69) is 10.6 Å². The molecule has 86 valence electrons. The van der Waals surface area contributed by atoms with Crippen molar-refractivity contribution in [3.8, 4) is 0 Å². The Kier molecular flexibility index (Phi) is 4.01. The lowest BCUT2D eigenvalue weighted by Crippen LogP contribution is -2.32. The van der Waals surface area contributed by atoms with Crippen LogP contribution in [0.25, 0.3) is 0 Å². The van der Waals surface area contributed by atoms with Gasteiger partial charge in [-0.15, -0.1) is 0 Å². The first-order chi connectivity index (χ1) is 7.34. The van der Waals surface area contributed by atoms with Crippen molar-refractivity contribution in [2.45, 2.75) is 51.0 Å². The summed E-state index contributed by atoms with van der Waals surface area (Å²) in [7, 11) is 0. The predicted octanol–water partition coefficient (Wildman–Crippen LogP) is 1.43. The molecule has 0 aromatic heterocycles. The highest BCUT2D eigenvalue weighted by atomic mass is 16.1. The molecule has 0 aromatic rings. The quantitative estimate of drug-likeness (QED) is 0.721. The molecule has 0 spiro atoms. The molecule has 3 heteroatoms. The Hall–Kier alpha value is -0.570. The molecule has 1 heterocycles. The van der Waals surface area contributed by atoms with E-state index in [9.17, 15) is 4.79 Å². The zero-order valence-electron chi connectivity index (χ0n) is 9.43. The largest absolute Gasteiger partial charge is 0.356 e. The third kappa shape index (κ3) is 3.49. The second-order valence-electron chi connectivity index (χ2n) is 4.93. The van der Waals surface area contributed by atoms with E-state index in [1.165, 1.54) is 32.1 Å². The highest BCUT2D eigenvalue weighted by Gasteiger charge is 2.20. The van der Waals surface area contributed by atoms with Crippen LogP contribution in [0.15, 0.2) is 0 Å². The van der Waals surface area contributed by atoms with Gasteiger partial charge in [-0.3, -0.25) is 4.79 Å². The van der Waals surface area contributed by atoms with E-state index in [0.717, 1.165) is 25.9 Å². The van der Waals surface area contributed by atoms with Gasteiger partial charge in [0.2, 0.25) is 5.91 Å². The lowest BCUT2D eigenvalue weighted by atomic mass is 9.83. The van der Waals surface area contributed by atoms with Crippen molar-refractivity contribution in [3.63, 3.8) is 0 Å². The van der Waals surface area contributed by atoms with Crippen molar-refractivity contribution in [2.75, 3.05) is 13.1 Å². The molecule has 1 atom stereocenters. The maximum absolute atomic E-state index is 11.5. The minimum atomic E-state index is 0.262. The van der Waals surface area contributed by atoms with E-state index in [0.29, 0.717) is 12.0 Å². The molecule has 2 rings (SSSR count). The van der Waals surface area contributed by atoms with Gasteiger partial charge in [0.25, 0.3) is 0 Å². The van der Waals surface area contributed by atoms with Gasteiger partial charge in [0, 0.05) is 19.0 Å². The molecular weight excluding hydrogens is 188 g/mol. The lowest BCUT2D eigenvalue weighted by Gasteiger charge is -2.24. The van der Waals surface area contributed by atoms with Crippen molar-refractivity contribution in [3.05, 3.63) is 0 Å². The molecule has 1 aliphatic carbocycles. The number of hydrogen-bond acceptors (Lipinski definition) is 2. The minimum absolute atomic E-state index is 0.262. The van der Waals surface area contributed by atoms with Crippen LogP contribution >= 0.6 is 0 Å². The van der Waals surface area contributed by atoms with Crippen LogP contribution in [0.4, 0.5) is 0 Å². The zero-order valence-corrected chi connectivity index (χ0v) is 9.43. The fraction of sp³-hybridized carbons (Fsp3) is 0.917. The molecule has 1 saturated carbocycles. The number of amides is 1. The van der Waals surface area contributed by atoms with Crippen LogP contribution in [0, 0.1) is 5.92 Å². The third-order valence-electron chi connectivity index (χ3n) is 3.68. The van der Waals surface area contributed by atoms with Gasteiger partial charge < -0.3 is 10.6 Å². The van der Waals surface area contributed by atoms with Gasteiger partial charge in [-0.05, 0) is 44.6 Å². The second-order valence-corrected chi connectivity index (χ2v) is 4.93. The molecule has 1 aliphatic heterocycles. The van der Waals surface area contributed by atoms with E-state index >= 15 is 0 Å². The van der Waals surface area contributed by atoms with Crippen LogP contribution in [0.3, 0.4) is 0 Å². The average molecular weight is 210 g/mol. The van der Waals surface area contributed by atoms with Crippen molar-refractivity contribution in [1.29, 1.82) is 0 Å². The van der Waals surface area contributed by atoms with Gasteiger partial charge in [0.05, 0.1) is 0 Å². The smallest absolute Gasteiger partial charge is 0.220 e. The zero-order chi connectivity index (χ0) is 10.5. The van der Waals surface area contributed by atoms with Gasteiger partial charge in [-0.25, -0.2) is 0 Å². The molecule has 0 bridgehead atoms. The fourth-order valence-corrected chi connectivity index (χ4v) is 2.42. The van der Waals surface area contributed by atoms with E-state index in [4.69, 9.17) is 0 Å². The van der Waals surface area contributed by atoms with Gasteiger partial charge in [-0.2, -0.15) is 0 Å². The number of hydrogen-bond donors (Lipinski definition) is 2. The van der Waals surface area contributed by atoms with Crippen LogP contribution in [-0.2, 0) is 4.79 Å². The van der Waals surface area contributed by atoms with Crippen LogP contribution in [-0.4, -0.2) is 25.0 Å². The highest BCUT2D eigenvalue weighted by Crippen LogP contribution is 2.29. The standard InChI is InChI=1S/C12H22N2O/c15-12(9-10-3-1-4-10)14-8-6-11-5-2-7-13-11/h10-11,13H,1-9H2,(H,14,15)/t11-/m1/s1. The SMILES string of the molecule is O=C(CC1CCC1)NCC[C@H]1CCCN1. The molecule has 0 unspecified atom stereocenters. The van der Waals surface area contributed by atoms with Crippen LogP contribution < -0.4 is 10.6 Å². The van der Waals surface area contributed by atoms with E-state index in [-0.39, 0.29) is 5.91 Å². The molecule has 3 nitrogen and oxygen atoms in total. The average Bonchev–Trinajstić information content (AvgIpc) is 2.64. The summed E-state index contributed by atoms with van der Waals surface area (Å²) in [5, 5.41) is 6.47. The molecular formula is C12H22N2O. The Bertz CT molecular complexity index is 208. The highest BCUT2D eigenvalue weighted by molar-refractivity contribution is 5.76. The monoisotopic (exact) mass is 210 g/mol. The van der Waals surface area contributed by atoms with Gasteiger partial charge in [-0.1, -0.05) is 6.42 Å². The maximum atomic E-state index is 11.5. The second kappa shape index (κ2) is 5.50. The maximum Gasteiger partial charge on any atom is 0.220 e. The third-order valence-corrected chi connectivity index (χ3v) is 3.68. The van der Waals surface area contributed by atoms with E-state index < -0.39 is 0 Å². The first-order valence-corrected chi connectivity index (χ1v) is 6.34. The number of nitrogens with one attached hydrogen (secondary N) is 2. The predicted molar refractivity (Wildman–Crippen MR) is 60.6 cm³/mol. The van der Waals surface area contributed by atoms with Crippen LogP contribution in [0.1, 0.15) is 44.9 Å². The first-order valence-electron chi connectivity index (χ1n) is 6.34. The Balaban J connectivity index is 1.50. The number of carbonyl (C=O) groups excluding carboxylic acids is 1. The molecule has 1 amide bonds. The summed E-state index contributed by atoms with van der Waals surface area (Å²) < 4.78 is 0. The summed E-state index contributed by atoms with van der Waals surface area (Å²) >= 11 is 0. The topological polar surface area (TPSA) is 41.1 Å². The van der Waals surface area contributed by atoms with Gasteiger partial charge in [0.15, 0.2) is 0 Å². The van der Waals surface area contributed by atoms with Crippen molar-refractivity contribution in [2.24, 2.45) is 5.92 Å². The fourth-order valence-electron chi connectivity index (χ4n) is 2.42. The van der Waals surface area contributed by atoms with Crippen LogP contribution in [0.5, 0.6) is 0 Å². The molecule has 2 aliphatic rings. The van der Waals surface area contributed by atoms with Gasteiger partial charge in [0.1, 0.15) is 0 Å². The summed E-state index contributed by atoms with van der Waals surface area (Å²) in [5.41, 5.74) is 0. The van der Waals surface area contributed by atoms with E-state index in [1.54, 1.807) is 0 Å². The summed E-state index contributed by atoms with van der Waals surface area (Å²) in [4.78, 5) is 11.5. The lowest BCUT2D eigenvalue weighted by molar-refractivity contribution is -0.122. The Morgan fingerprint density at radius 3 is 2.73 bits per heavy atom. The van der Waals surface area contributed by atoms with Crippen molar-refractivity contribution < 1.29 is 4.79 Å². The molecule has 0 aromatic carbocycles. The van der Waals surface area contributed by atoms with E-state index in [1.807, 2.05) is 0 Å². The summed E-state index contributed by atoms with van der Waals surface area (Å²) in [5.74, 6) is 0.951. The Morgan fingerprint density at radius 2 is 2.13 bits per heavy atom. The minimum Gasteiger partial charge on any atom is -0.356 e. The Labute approximate surface area is 92.0 Å². The number of carbonyl (C=O) groups is 1. The molecule has 1 saturated heterocycles. The van der Waals surface area contributed by atoms with Crippen molar-refractivity contribution in [1.82, 2.24) is 10.6 Å². The summed E-state index contributed by atoms with van der Waals surface area (Å²) in [6.45, 7) is 2.00. The summed E-state index contributed by atoms with van der Waals surface area (Å²) in [6.07, 6.45) is 8.27. The molecule has 15 heavy (non-hydrogen) atoms. The summed E-state index contributed by atoms with van der Waals surface area (Å²) in [6, 6.07) is 0.647. The molecule has 0 radical (unpaired) electrons. The van der Waals surface area contributed by atoms with Gasteiger partial charge >= 0.3 is 0 Å². The number of rotatable bonds is 5. The first kappa shape index (κ1) is 10.9. The Morgan fingerprint density at radius 1 is 1.27 bits per heavy atom. The van der Waals surface area contributed by atoms with Crippen molar-refractivity contribution >= 4 is 5.91 Å².